The third kappa shape index (κ3) is 3.72. The molecule has 1 aliphatic carbocycles. The number of carbonyl (C=O) groups is 1. The van der Waals surface area contributed by atoms with E-state index in [0.29, 0.717) is 17.1 Å². The number of aryl methyl sites for hydroxylation is 2. The highest BCUT2D eigenvalue weighted by atomic mass is 32.2. The van der Waals surface area contributed by atoms with Crippen molar-refractivity contribution in [2.45, 2.75) is 30.7 Å². The first-order valence-corrected chi connectivity index (χ1v) is 10.6. The van der Waals surface area contributed by atoms with E-state index < -0.39 is 0 Å². The molecule has 3 aromatic rings. The number of thioether (sulfide) groups is 1. The molecule has 0 unspecified atom stereocenters. The lowest BCUT2D eigenvalue weighted by Gasteiger charge is -2.12. The van der Waals surface area contributed by atoms with Crippen LogP contribution in [0.1, 0.15) is 23.3 Å². The zero-order valence-corrected chi connectivity index (χ0v) is 16.6. The summed E-state index contributed by atoms with van der Waals surface area (Å²) in [5.41, 5.74) is 8.33. The molecule has 0 atom stereocenters. The average molecular weight is 401 g/mol. The maximum atomic E-state index is 12.4. The van der Waals surface area contributed by atoms with E-state index >= 15 is 0 Å². The monoisotopic (exact) mass is 400 g/mol. The molecule has 8 heteroatoms. The van der Waals surface area contributed by atoms with Crippen LogP contribution in [0.15, 0.2) is 29.6 Å². The molecular formula is C19H20N4O2S2. The fourth-order valence-corrected chi connectivity index (χ4v) is 5.42. The summed E-state index contributed by atoms with van der Waals surface area (Å²) in [6, 6.07) is 5.17. The molecule has 27 heavy (non-hydrogen) atoms. The number of hydrogen-bond donors (Lipinski definition) is 2. The van der Waals surface area contributed by atoms with Crippen molar-refractivity contribution in [2.75, 3.05) is 23.9 Å². The fraction of sp³-hybridized carbons (Fsp3) is 0.316. The molecule has 0 saturated heterocycles. The number of hydrogen-bond acceptors (Lipinski definition) is 7. The number of nitrogens with two attached hydrogens (primary N) is 1. The molecule has 0 fully saturated rings. The summed E-state index contributed by atoms with van der Waals surface area (Å²) < 4.78 is 5.28. The summed E-state index contributed by atoms with van der Waals surface area (Å²) in [4.78, 5) is 23.8. The smallest absolute Gasteiger partial charge is 0.234 e. The molecule has 140 valence electrons. The van der Waals surface area contributed by atoms with Gasteiger partial charge in [0.15, 0.2) is 0 Å². The van der Waals surface area contributed by atoms with Crippen LogP contribution in [0.25, 0.3) is 10.2 Å². The number of anilines is 2. The number of ether oxygens (including phenoxy) is 1. The lowest BCUT2D eigenvalue weighted by molar-refractivity contribution is -0.113. The maximum absolute atomic E-state index is 12.4. The number of thiophene rings is 1. The summed E-state index contributed by atoms with van der Waals surface area (Å²) in [7, 11) is 1.55. The molecule has 1 amide bonds. The molecule has 0 bridgehead atoms. The van der Waals surface area contributed by atoms with Gasteiger partial charge in [-0.2, -0.15) is 0 Å². The van der Waals surface area contributed by atoms with E-state index in [4.69, 9.17) is 10.5 Å². The number of nitrogen functional groups attached to an aromatic ring is 1. The highest BCUT2D eigenvalue weighted by Crippen LogP contribution is 2.39. The Morgan fingerprint density at radius 3 is 3.04 bits per heavy atom. The van der Waals surface area contributed by atoms with Crippen LogP contribution in [0.2, 0.25) is 0 Å². The van der Waals surface area contributed by atoms with Gasteiger partial charge in [-0.25, -0.2) is 9.97 Å². The minimum absolute atomic E-state index is 0.112. The van der Waals surface area contributed by atoms with Crippen molar-refractivity contribution in [1.29, 1.82) is 0 Å². The molecule has 2 heterocycles. The predicted molar refractivity (Wildman–Crippen MR) is 111 cm³/mol. The van der Waals surface area contributed by atoms with Gasteiger partial charge in [0.25, 0.3) is 0 Å². The van der Waals surface area contributed by atoms with Crippen molar-refractivity contribution in [3.63, 3.8) is 0 Å². The summed E-state index contributed by atoms with van der Waals surface area (Å²) in [6.45, 7) is 0. The first-order chi connectivity index (χ1) is 13.2. The van der Waals surface area contributed by atoms with Crippen LogP contribution in [-0.4, -0.2) is 28.7 Å². The van der Waals surface area contributed by atoms with Crippen LogP contribution in [0.5, 0.6) is 5.75 Å². The number of aromatic nitrogens is 2. The minimum Gasteiger partial charge on any atom is -0.494 e. The molecule has 6 nitrogen and oxygen atoms in total. The van der Waals surface area contributed by atoms with Crippen LogP contribution < -0.4 is 15.8 Å². The predicted octanol–water partition coefficient (Wildman–Crippen LogP) is 3.89. The van der Waals surface area contributed by atoms with Crippen molar-refractivity contribution in [2.24, 2.45) is 0 Å². The van der Waals surface area contributed by atoms with E-state index in [2.05, 4.69) is 15.3 Å². The van der Waals surface area contributed by atoms with Crippen LogP contribution in [0.3, 0.4) is 0 Å². The van der Waals surface area contributed by atoms with Crippen LogP contribution in [0, 0.1) is 0 Å². The Balaban J connectivity index is 1.50. The Morgan fingerprint density at radius 2 is 2.19 bits per heavy atom. The number of benzene rings is 1. The van der Waals surface area contributed by atoms with Crippen molar-refractivity contribution >= 4 is 50.6 Å². The maximum Gasteiger partial charge on any atom is 0.234 e. The van der Waals surface area contributed by atoms with Crippen LogP contribution in [-0.2, 0) is 17.6 Å². The number of nitrogens with one attached hydrogen (secondary N) is 1. The van der Waals surface area contributed by atoms with Gasteiger partial charge in [-0.3, -0.25) is 4.79 Å². The van der Waals surface area contributed by atoms with E-state index in [1.54, 1.807) is 43.0 Å². The number of methoxy groups -OCH3 is 1. The van der Waals surface area contributed by atoms with Crippen molar-refractivity contribution in [3.8, 4) is 5.75 Å². The van der Waals surface area contributed by atoms with Crippen LogP contribution >= 0.6 is 23.1 Å². The van der Waals surface area contributed by atoms with Crippen molar-refractivity contribution in [3.05, 3.63) is 35.0 Å². The number of nitrogens with zero attached hydrogens (tertiary/aromatic N) is 2. The van der Waals surface area contributed by atoms with Crippen LogP contribution in [0.4, 0.5) is 11.4 Å². The van der Waals surface area contributed by atoms with E-state index in [-0.39, 0.29) is 11.7 Å². The third-order valence-corrected chi connectivity index (χ3v) is 6.75. The molecule has 0 aliphatic heterocycles. The van der Waals surface area contributed by atoms with Gasteiger partial charge >= 0.3 is 0 Å². The molecule has 3 N–H and O–H groups in total. The van der Waals surface area contributed by atoms with E-state index in [0.717, 1.165) is 28.1 Å². The standard InChI is InChI=1S/C19H20N4O2S2/c1-25-14-8-11(20)6-7-13(14)23-16(24)9-26-18-17-12-4-2-3-5-15(12)27-19(17)22-10-21-18/h6-8,10H,2-5,9,20H2,1H3,(H,23,24). The molecule has 0 radical (unpaired) electrons. The SMILES string of the molecule is COc1cc(N)ccc1NC(=O)CSc1ncnc2sc3c(c12)CCCC3. The third-order valence-electron chi connectivity index (χ3n) is 4.56. The second-order valence-electron chi connectivity index (χ2n) is 6.37. The number of carbonyl (C=O) groups excluding carboxylic acids is 1. The Labute approximate surface area is 165 Å². The summed E-state index contributed by atoms with van der Waals surface area (Å²) in [5, 5.41) is 4.91. The van der Waals surface area contributed by atoms with Crippen molar-refractivity contribution < 1.29 is 9.53 Å². The second kappa shape index (κ2) is 7.74. The molecule has 1 aliphatic rings. The number of fused-ring (bicyclic) bond motifs is 3. The van der Waals surface area contributed by atoms with E-state index in [9.17, 15) is 4.79 Å². The normalized spacial score (nSPS) is 13.4. The first-order valence-electron chi connectivity index (χ1n) is 8.77. The van der Waals surface area contributed by atoms with Gasteiger partial charge in [-0.05, 0) is 43.4 Å². The van der Waals surface area contributed by atoms with E-state index in [1.807, 2.05) is 0 Å². The lowest BCUT2D eigenvalue weighted by Crippen LogP contribution is -2.15. The molecule has 2 aromatic heterocycles. The molecule has 1 aromatic carbocycles. The minimum atomic E-state index is -0.112. The van der Waals surface area contributed by atoms with Crippen molar-refractivity contribution in [1.82, 2.24) is 9.97 Å². The molecule has 4 rings (SSSR count). The van der Waals surface area contributed by atoms with Gasteiger partial charge in [-0.15, -0.1) is 11.3 Å². The molecule has 0 saturated carbocycles. The van der Waals surface area contributed by atoms with Gasteiger partial charge in [-0.1, -0.05) is 11.8 Å². The van der Waals surface area contributed by atoms with E-state index in [1.165, 1.54) is 35.0 Å². The molecule has 0 spiro atoms. The van der Waals surface area contributed by atoms with Gasteiger partial charge in [0.05, 0.1) is 18.6 Å². The zero-order valence-electron chi connectivity index (χ0n) is 14.9. The Kier molecular flexibility index (Phi) is 5.18. The number of rotatable bonds is 5. The van der Waals surface area contributed by atoms with Gasteiger partial charge < -0.3 is 15.8 Å². The summed E-state index contributed by atoms with van der Waals surface area (Å²) >= 11 is 3.21. The highest BCUT2D eigenvalue weighted by Gasteiger charge is 2.20. The quantitative estimate of drug-likeness (QED) is 0.384. The van der Waals surface area contributed by atoms with Gasteiger partial charge in [0, 0.05) is 22.0 Å². The zero-order chi connectivity index (χ0) is 18.8. The second-order valence-corrected chi connectivity index (χ2v) is 8.41. The van der Waals surface area contributed by atoms with Gasteiger partial charge in [0.1, 0.15) is 21.9 Å². The Hall–Kier alpha value is -2.32. The summed E-state index contributed by atoms with van der Waals surface area (Å²) in [5.74, 6) is 0.702. The fourth-order valence-electron chi connectivity index (χ4n) is 3.30. The largest absolute Gasteiger partial charge is 0.494 e. The number of amides is 1. The first kappa shape index (κ1) is 18.1. The lowest BCUT2D eigenvalue weighted by atomic mass is 9.97. The Morgan fingerprint density at radius 1 is 1.33 bits per heavy atom. The molecular weight excluding hydrogens is 380 g/mol. The highest BCUT2D eigenvalue weighted by molar-refractivity contribution is 8.00. The average Bonchev–Trinajstić information content (AvgIpc) is 3.07. The topological polar surface area (TPSA) is 90.1 Å². The van der Waals surface area contributed by atoms with Gasteiger partial charge in [0.2, 0.25) is 5.91 Å². The Bertz CT molecular complexity index is 1000. The summed E-state index contributed by atoms with van der Waals surface area (Å²) in [6.07, 6.45) is 6.23.